The molecule has 2 bridgehead atoms. The number of ketones is 1. The lowest BCUT2D eigenvalue weighted by atomic mass is 9.38. The van der Waals surface area contributed by atoms with E-state index < -0.39 is 41.2 Å². The Morgan fingerprint density at radius 1 is 1.00 bits per heavy atom. The van der Waals surface area contributed by atoms with Crippen molar-refractivity contribution in [3.05, 3.63) is 0 Å². The topological polar surface area (TPSA) is 98.0 Å². The van der Waals surface area contributed by atoms with Crippen LogP contribution in [0.4, 0.5) is 0 Å². The Hall–Kier alpha value is -0.490. The van der Waals surface area contributed by atoms with E-state index in [1.54, 1.807) is 0 Å². The van der Waals surface area contributed by atoms with E-state index in [2.05, 4.69) is 13.8 Å². The summed E-state index contributed by atoms with van der Waals surface area (Å²) < 4.78 is 0. The standard InChI is InChI=1S/C20H32O5/c1-9-10-7-11(21)15-19(4)12(18(2,3)6-5-13(19)22)8-14(23)20(15,16(9)24)17(10)25/h9-15,17,21-23,25H,5-8H2,1-4H3/t9-,10-,11+,12-,13-,14-,15-,17-,19+,20-/m1/s1. The first-order valence-electron chi connectivity index (χ1n) is 9.77. The van der Waals surface area contributed by atoms with E-state index in [9.17, 15) is 25.2 Å². The van der Waals surface area contributed by atoms with Gasteiger partial charge in [-0.05, 0) is 42.9 Å². The van der Waals surface area contributed by atoms with Crippen LogP contribution in [0.2, 0.25) is 0 Å². The molecular weight excluding hydrogens is 320 g/mol. The Labute approximate surface area is 149 Å². The van der Waals surface area contributed by atoms with E-state index >= 15 is 0 Å². The van der Waals surface area contributed by atoms with Crippen molar-refractivity contribution in [3.8, 4) is 0 Å². The van der Waals surface area contributed by atoms with Gasteiger partial charge in [0.25, 0.3) is 0 Å². The average Bonchev–Trinajstić information content (AvgIpc) is 2.65. The van der Waals surface area contributed by atoms with Crippen molar-refractivity contribution in [1.82, 2.24) is 0 Å². The first-order valence-corrected chi connectivity index (χ1v) is 9.77. The van der Waals surface area contributed by atoms with Crippen LogP contribution in [0.5, 0.6) is 0 Å². The Morgan fingerprint density at radius 2 is 1.64 bits per heavy atom. The third kappa shape index (κ3) is 1.81. The lowest BCUT2D eigenvalue weighted by Crippen LogP contribution is -2.72. The van der Waals surface area contributed by atoms with Gasteiger partial charge in [0.05, 0.1) is 29.8 Å². The summed E-state index contributed by atoms with van der Waals surface area (Å²) >= 11 is 0. The second-order valence-electron chi connectivity index (χ2n) is 10.2. The van der Waals surface area contributed by atoms with Crippen LogP contribution in [-0.2, 0) is 4.79 Å². The minimum Gasteiger partial charge on any atom is -0.393 e. The molecule has 5 nitrogen and oxygen atoms in total. The van der Waals surface area contributed by atoms with E-state index in [0.29, 0.717) is 19.3 Å². The van der Waals surface area contributed by atoms with Crippen LogP contribution in [-0.4, -0.2) is 50.6 Å². The van der Waals surface area contributed by atoms with Gasteiger partial charge in [0, 0.05) is 17.3 Å². The molecule has 1 spiro atoms. The van der Waals surface area contributed by atoms with Crippen LogP contribution in [0, 0.1) is 39.9 Å². The van der Waals surface area contributed by atoms with Crippen molar-refractivity contribution in [3.63, 3.8) is 0 Å². The zero-order valence-corrected chi connectivity index (χ0v) is 15.6. The van der Waals surface area contributed by atoms with Crippen LogP contribution in [0.15, 0.2) is 0 Å². The predicted octanol–water partition coefficient (Wildman–Crippen LogP) is 1.12. The van der Waals surface area contributed by atoms with Gasteiger partial charge in [-0.25, -0.2) is 0 Å². The summed E-state index contributed by atoms with van der Waals surface area (Å²) in [6, 6.07) is 0. The third-order valence-corrected chi connectivity index (χ3v) is 8.95. The molecule has 4 rings (SSSR count). The van der Waals surface area contributed by atoms with Gasteiger partial charge in [-0.15, -0.1) is 0 Å². The smallest absolute Gasteiger partial charge is 0.147 e. The quantitative estimate of drug-likeness (QED) is 0.524. The molecule has 4 N–H and O–H groups in total. The first-order chi connectivity index (χ1) is 11.5. The minimum absolute atomic E-state index is 0.00326. The molecule has 0 aromatic rings. The molecule has 25 heavy (non-hydrogen) atoms. The van der Waals surface area contributed by atoms with Gasteiger partial charge in [-0.1, -0.05) is 27.7 Å². The molecule has 4 fully saturated rings. The van der Waals surface area contributed by atoms with Crippen LogP contribution < -0.4 is 0 Å². The van der Waals surface area contributed by atoms with E-state index in [-0.39, 0.29) is 29.0 Å². The number of hydrogen-bond acceptors (Lipinski definition) is 5. The number of aliphatic hydroxyl groups excluding tert-OH is 4. The second-order valence-corrected chi connectivity index (χ2v) is 10.2. The fourth-order valence-electron chi connectivity index (χ4n) is 7.75. The van der Waals surface area contributed by atoms with Gasteiger partial charge >= 0.3 is 0 Å². The van der Waals surface area contributed by atoms with Gasteiger partial charge in [0.15, 0.2) is 0 Å². The molecule has 0 radical (unpaired) electrons. The van der Waals surface area contributed by atoms with E-state index in [4.69, 9.17) is 0 Å². The molecule has 4 aliphatic carbocycles. The molecule has 0 aliphatic heterocycles. The van der Waals surface area contributed by atoms with Crippen LogP contribution in [0.1, 0.15) is 53.4 Å². The van der Waals surface area contributed by atoms with Crippen molar-refractivity contribution >= 4 is 5.78 Å². The van der Waals surface area contributed by atoms with Crippen LogP contribution in [0.25, 0.3) is 0 Å². The molecule has 0 saturated heterocycles. The summed E-state index contributed by atoms with van der Waals surface area (Å²) in [5.41, 5.74) is -2.11. The highest BCUT2D eigenvalue weighted by atomic mass is 16.3. The maximum absolute atomic E-state index is 13.3. The van der Waals surface area contributed by atoms with Crippen LogP contribution >= 0.6 is 0 Å². The van der Waals surface area contributed by atoms with Gasteiger partial charge in [-0.2, -0.15) is 0 Å². The number of aliphatic hydroxyl groups is 4. The van der Waals surface area contributed by atoms with Crippen molar-refractivity contribution in [2.75, 3.05) is 0 Å². The maximum atomic E-state index is 13.3. The second kappa shape index (κ2) is 5.06. The Balaban J connectivity index is 1.94. The molecule has 0 aromatic carbocycles. The fourth-order valence-corrected chi connectivity index (χ4v) is 7.75. The highest BCUT2D eigenvalue weighted by molar-refractivity contribution is 5.92. The van der Waals surface area contributed by atoms with Crippen molar-refractivity contribution in [2.45, 2.75) is 77.8 Å². The molecule has 142 valence electrons. The molecule has 4 saturated carbocycles. The minimum atomic E-state index is -1.33. The summed E-state index contributed by atoms with van der Waals surface area (Å²) in [6.45, 7) is 8.09. The molecule has 4 aliphatic rings. The monoisotopic (exact) mass is 352 g/mol. The zero-order chi connectivity index (χ0) is 18.5. The number of rotatable bonds is 0. The summed E-state index contributed by atoms with van der Waals surface area (Å²) in [5, 5.41) is 44.3. The normalized spacial score (nSPS) is 60.1. The van der Waals surface area contributed by atoms with E-state index in [1.165, 1.54) is 0 Å². The molecule has 0 aromatic heterocycles. The summed E-state index contributed by atoms with van der Waals surface area (Å²) in [7, 11) is 0. The highest BCUT2D eigenvalue weighted by Gasteiger charge is 2.77. The van der Waals surface area contributed by atoms with Gasteiger partial charge < -0.3 is 20.4 Å². The number of Topliss-reactive ketones (excluding diaryl/α,β-unsaturated/α-hetero) is 1. The van der Waals surface area contributed by atoms with Gasteiger partial charge in [0.2, 0.25) is 0 Å². The number of fused-ring (bicyclic) bond motifs is 3. The summed E-state index contributed by atoms with van der Waals surface area (Å²) in [6.07, 6.45) is -1.09. The Kier molecular flexibility index (Phi) is 3.62. The molecule has 10 atom stereocenters. The van der Waals surface area contributed by atoms with Crippen molar-refractivity contribution < 1.29 is 25.2 Å². The number of carbonyl (C=O) groups excluding carboxylic acids is 1. The lowest BCUT2D eigenvalue weighted by Gasteiger charge is -2.67. The Morgan fingerprint density at radius 3 is 2.28 bits per heavy atom. The first kappa shape index (κ1) is 17.9. The van der Waals surface area contributed by atoms with Crippen molar-refractivity contribution in [2.24, 2.45) is 39.9 Å². The lowest BCUT2D eigenvalue weighted by molar-refractivity contribution is -0.274. The molecular formula is C20H32O5. The van der Waals surface area contributed by atoms with E-state index in [0.717, 1.165) is 6.42 Å². The number of hydrogen-bond donors (Lipinski definition) is 4. The van der Waals surface area contributed by atoms with Gasteiger partial charge in [0.1, 0.15) is 5.78 Å². The molecule has 5 heteroatoms. The Bertz CT molecular complexity index is 603. The fraction of sp³-hybridized carbons (Fsp3) is 0.950. The SMILES string of the molecule is C[C@H]1C(=O)[C@@]23[C@H](O)C[C@@H]4C(C)(C)CC[C@@H](O)[C@@]4(C)[C@H]2[C@@H](O)C[C@H]1[C@H]3O. The highest BCUT2D eigenvalue weighted by Crippen LogP contribution is 2.71. The summed E-state index contributed by atoms with van der Waals surface area (Å²) in [5.74, 6) is -1.39. The predicted molar refractivity (Wildman–Crippen MR) is 91.5 cm³/mol. The van der Waals surface area contributed by atoms with Crippen LogP contribution in [0.3, 0.4) is 0 Å². The van der Waals surface area contributed by atoms with Gasteiger partial charge in [-0.3, -0.25) is 4.79 Å². The van der Waals surface area contributed by atoms with Crippen molar-refractivity contribution in [1.29, 1.82) is 0 Å². The summed E-state index contributed by atoms with van der Waals surface area (Å²) in [4.78, 5) is 13.3. The molecule has 0 heterocycles. The molecule has 0 amide bonds. The molecule has 0 unspecified atom stereocenters. The van der Waals surface area contributed by atoms with E-state index in [1.807, 2.05) is 13.8 Å². The zero-order valence-electron chi connectivity index (χ0n) is 15.6. The third-order valence-electron chi connectivity index (χ3n) is 8.95. The largest absolute Gasteiger partial charge is 0.393 e. The number of carbonyl (C=O) groups is 1. The maximum Gasteiger partial charge on any atom is 0.147 e. The average molecular weight is 352 g/mol.